The fourth-order valence-electron chi connectivity index (χ4n) is 1.26. The second-order valence-electron chi connectivity index (χ2n) is 4.88. The van der Waals surface area contributed by atoms with Crippen LogP contribution in [-0.2, 0) is 4.74 Å². The topological polar surface area (TPSA) is 50.4 Å². The summed E-state index contributed by atoms with van der Waals surface area (Å²) in [4.78, 5) is 10.9. The third kappa shape index (κ3) is 11.3. The van der Waals surface area contributed by atoms with Crippen molar-refractivity contribution >= 4 is 6.09 Å². The maximum absolute atomic E-state index is 10.9. The summed E-state index contributed by atoms with van der Waals surface area (Å²) >= 11 is 0. The molecule has 4 nitrogen and oxygen atoms in total. The zero-order valence-electron chi connectivity index (χ0n) is 11.1. The van der Waals surface area contributed by atoms with Crippen LogP contribution in [0.3, 0.4) is 0 Å². The van der Waals surface area contributed by atoms with Gasteiger partial charge in [-0.25, -0.2) is 4.79 Å². The van der Waals surface area contributed by atoms with Crippen LogP contribution in [0, 0.1) is 0 Å². The van der Waals surface area contributed by atoms with E-state index in [4.69, 9.17) is 4.74 Å². The highest BCUT2D eigenvalue weighted by Crippen LogP contribution is 2.00. The van der Waals surface area contributed by atoms with Gasteiger partial charge in [0.05, 0.1) is 6.61 Å². The lowest BCUT2D eigenvalue weighted by atomic mass is 10.1. The van der Waals surface area contributed by atoms with Gasteiger partial charge in [-0.2, -0.15) is 0 Å². The molecule has 96 valence electrons. The Hall–Kier alpha value is -0.770. The van der Waals surface area contributed by atoms with Crippen LogP contribution in [0.25, 0.3) is 0 Å². The van der Waals surface area contributed by atoms with Crippen molar-refractivity contribution in [3.63, 3.8) is 0 Å². The van der Waals surface area contributed by atoms with Crippen LogP contribution in [0.5, 0.6) is 0 Å². The van der Waals surface area contributed by atoms with Crippen molar-refractivity contribution in [1.29, 1.82) is 0 Å². The Morgan fingerprint density at radius 2 is 1.75 bits per heavy atom. The predicted molar refractivity (Wildman–Crippen MR) is 66.6 cm³/mol. The van der Waals surface area contributed by atoms with Gasteiger partial charge in [0.25, 0.3) is 0 Å². The highest BCUT2D eigenvalue weighted by atomic mass is 16.5. The molecule has 0 saturated carbocycles. The molecule has 0 aromatic carbocycles. The van der Waals surface area contributed by atoms with E-state index in [9.17, 15) is 4.79 Å². The highest BCUT2D eigenvalue weighted by Gasteiger charge is 2.06. The number of hydrogen-bond acceptors (Lipinski definition) is 3. The summed E-state index contributed by atoms with van der Waals surface area (Å²) in [7, 11) is 0. The molecule has 0 unspecified atom stereocenters. The second-order valence-corrected chi connectivity index (χ2v) is 4.88. The maximum Gasteiger partial charge on any atom is 0.407 e. The minimum absolute atomic E-state index is 0.198. The Kier molecular flexibility index (Phi) is 7.99. The van der Waals surface area contributed by atoms with Crippen molar-refractivity contribution in [3.05, 3.63) is 0 Å². The first-order valence-corrected chi connectivity index (χ1v) is 6.11. The molecule has 0 aliphatic carbocycles. The summed E-state index contributed by atoms with van der Waals surface area (Å²) in [5, 5.41) is 6.14. The number of hydrogen-bond donors (Lipinski definition) is 2. The zero-order valence-corrected chi connectivity index (χ0v) is 11.1. The van der Waals surface area contributed by atoms with Crippen molar-refractivity contribution in [2.75, 3.05) is 19.7 Å². The lowest BCUT2D eigenvalue weighted by Gasteiger charge is -2.20. The van der Waals surface area contributed by atoms with E-state index < -0.39 is 0 Å². The summed E-state index contributed by atoms with van der Waals surface area (Å²) in [6.07, 6.45) is 2.96. The average Bonchev–Trinajstić information content (AvgIpc) is 2.15. The van der Waals surface area contributed by atoms with Crippen LogP contribution >= 0.6 is 0 Å². The van der Waals surface area contributed by atoms with Gasteiger partial charge in [-0.3, -0.25) is 0 Å². The molecule has 0 aliphatic heterocycles. The first-order chi connectivity index (χ1) is 7.45. The number of ether oxygens (including phenoxy) is 1. The van der Waals surface area contributed by atoms with Gasteiger partial charge in [0.1, 0.15) is 0 Å². The summed E-state index contributed by atoms with van der Waals surface area (Å²) < 4.78 is 4.75. The zero-order chi connectivity index (χ0) is 12.4. The molecule has 0 saturated heterocycles. The van der Waals surface area contributed by atoms with E-state index >= 15 is 0 Å². The summed E-state index contributed by atoms with van der Waals surface area (Å²) in [6, 6.07) is 0. The van der Waals surface area contributed by atoms with Gasteiger partial charge in [0, 0.05) is 12.1 Å². The minimum atomic E-state index is -0.310. The van der Waals surface area contributed by atoms with Crippen molar-refractivity contribution in [1.82, 2.24) is 10.6 Å². The van der Waals surface area contributed by atoms with Crippen molar-refractivity contribution in [2.45, 2.75) is 52.5 Å². The number of alkyl carbamates (subject to hydrolysis) is 1. The number of unbranched alkanes of at least 4 members (excludes halogenated alkanes) is 2. The Morgan fingerprint density at radius 3 is 2.31 bits per heavy atom. The van der Waals surface area contributed by atoms with E-state index in [0.29, 0.717) is 13.2 Å². The van der Waals surface area contributed by atoms with Gasteiger partial charge in [-0.1, -0.05) is 6.42 Å². The Morgan fingerprint density at radius 1 is 1.12 bits per heavy atom. The van der Waals surface area contributed by atoms with Gasteiger partial charge in [-0.15, -0.1) is 0 Å². The molecule has 0 spiro atoms. The smallest absolute Gasteiger partial charge is 0.407 e. The van der Waals surface area contributed by atoms with Crippen LogP contribution < -0.4 is 10.6 Å². The quantitative estimate of drug-likeness (QED) is 0.660. The fourth-order valence-corrected chi connectivity index (χ4v) is 1.26. The Labute approximate surface area is 99.1 Å². The normalized spacial score (nSPS) is 11.2. The van der Waals surface area contributed by atoms with Crippen molar-refractivity contribution in [2.24, 2.45) is 0 Å². The molecule has 0 radical (unpaired) electrons. The lowest BCUT2D eigenvalue weighted by Crippen LogP contribution is -2.36. The molecule has 0 aliphatic rings. The van der Waals surface area contributed by atoms with Crippen LogP contribution in [-0.4, -0.2) is 31.3 Å². The van der Waals surface area contributed by atoms with Gasteiger partial charge >= 0.3 is 6.09 Å². The number of carbonyl (C=O) groups excluding carboxylic acids is 1. The number of nitrogens with one attached hydrogen (secondary N) is 2. The summed E-state index contributed by atoms with van der Waals surface area (Å²) in [5.41, 5.74) is 0.198. The minimum Gasteiger partial charge on any atom is -0.450 e. The van der Waals surface area contributed by atoms with E-state index in [-0.39, 0.29) is 11.6 Å². The predicted octanol–water partition coefficient (Wildman–Crippen LogP) is 2.29. The maximum atomic E-state index is 10.9. The monoisotopic (exact) mass is 230 g/mol. The van der Waals surface area contributed by atoms with Crippen molar-refractivity contribution < 1.29 is 9.53 Å². The molecule has 0 heterocycles. The largest absolute Gasteiger partial charge is 0.450 e. The average molecular weight is 230 g/mol. The van der Waals surface area contributed by atoms with Crippen LogP contribution in [0.2, 0.25) is 0 Å². The Bertz CT molecular complexity index is 188. The SMILES string of the molecule is CCOC(=O)NCCCCCNC(C)(C)C. The number of amides is 1. The molecule has 2 N–H and O–H groups in total. The summed E-state index contributed by atoms with van der Waals surface area (Å²) in [5.74, 6) is 0. The lowest BCUT2D eigenvalue weighted by molar-refractivity contribution is 0.152. The molecular formula is C12H26N2O2. The number of rotatable bonds is 7. The van der Waals surface area contributed by atoms with Gasteiger partial charge in [-0.05, 0) is 47.1 Å². The molecule has 0 rings (SSSR count). The van der Waals surface area contributed by atoms with E-state index in [0.717, 1.165) is 25.8 Å². The van der Waals surface area contributed by atoms with Gasteiger partial charge in [0.15, 0.2) is 0 Å². The van der Waals surface area contributed by atoms with E-state index in [1.54, 1.807) is 6.92 Å². The second kappa shape index (κ2) is 8.39. The Balaban J connectivity index is 3.19. The van der Waals surface area contributed by atoms with Gasteiger partial charge in [0.2, 0.25) is 0 Å². The molecule has 0 fully saturated rings. The first kappa shape index (κ1) is 15.2. The third-order valence-electron chi connectivity index (χ3n) is 2.05. The van der Waals surface area contributed by atoms with Crippen molar-refractivity contribution in [3.8, 4) is 0 Å². The molecule has 16 heavy (non-hydrogen) atoms. The van der Waals surface area contributed by atoms with Crippen LogP contribution in [0.15, 0.2) is 0 Å². The molecule has 0 aromatic rings. The third-order valence-corrected chi connectivity index (χ3v) is 2.05. The number of carbonyl (C=O) groups is 1. The molecule has 1 amide bonds. The standard InChI is InChI=1S/C12H26N2O2/c1-5-16-11(15)13-9-7-6-8-10-14-12(2,3)4/h14H,5-10H2,1-4H3,(H,13,15). The molecule has 0 aromatic heterocycles. The molecule has 4 heteroatoms. The first-order valence-electron chi connectivity index (χ1n) is 6.11. The van der Waals surface area contributed by atoms with E-state index in [1.807, 2.05) is 0 Å². The van der Waals surface area contributed by atoms with E-state index in [2.05, 4.69) is 31.4 Å². The fraction of sp³-hybridized carbons (Fsp3) is 0.917. The van der Waals surface area contributed by atoms with E-state index in [1.165, 1.54) is 0 Å². The summed E-state index contributed by atoms with van der Waals surface area (Å²) in [6.45, 7) is 10.5. The molecule has 0 bridgehead atoms. The van der Waals surface area contributed by atoms with Gasteiger partial charge < -0.3 is 15.4 Å². The molecular weight excluding hydrogens is 204 g/mol. The van der Waals surface area contributed by atoms with Crippen LogP contribution in [0.1, 0.15) is 47.0 Å². The van der Waals surface area contributed by atoms with Crippen LogP contribution in [0.4, 0.5) is 4.79 Å². The molecule has 0 atom stereocenters. The highest BCUT2D eigenvalue weighted by molar-refractivity contribution is 5.66.